The van der Waals surface area contributed by atoms with Crippen LogP contribution in [0, 0.1) is 12.8 Å². The van der Waals surface area contributed by atoms with Crippen molar-refractivity contribution in [2.24, 2.45) is 11.7 Å². The van der Waals surface area contributed by atoms with Crippen LogP contribution in [0.25, 0.3) is 0 Å². The molecule has 0 bridgehead atoms. The lowest BCUT2D eigenvalue weighted by Crippen LogP contribution is -2.49. The number of carbonyl (C=O) groups is 1. The Morgan fingerprint density at radius 2 is 2.26 bits per heavy atom. The van der Waals surface area contributed by atoms with E-state index in [2.05, 4.69) is 42.8 Å². The molecule has 2 rings (SSSR count). The standard InChI is InChI=1S/C14H21BrN2OS/c1-8(2)7-17-13(18)5-4-11(16)14(17)12-6-10(15)9(3)19-12/h6,8,11,14H,4-5,7,16H2,1-3H3. The van der Waals surface area contributed by atoms with E-state index in [9.17, 15) is 4.79 Å². The van der Waals surface area contributed by atoms with Crippen molar-refractivity contribution in [1.29, 1.82) is 0 Å². The summed E-state index contributed by atoms with van der Waals surface area (Å²) in [6, 6.07) is 2.20. The fourth-order valence-electron chi connectivity index (χ4n) is 2.58. The van der Waals surface area contributed by atoms with Crippen molar-refractivity contribution in [1.82, 2.24) is 4.90 Å². The Morgan fingerprint density at radius 3 is 2.79 bits per heavy atom. The molecule has 5 heteroatoms. The van der Waals surface area contributed by atoms with Gasteiger partial charge in [-0.2, -0.15) is 0 Å². The van der Waals surface area contributed by atoms with Crippen molar-refractivity contribution < 1.29 is 4.79 Å². The quantitative estimate of drug-likeness (QED) is 0.912. The van der Waals surface area contributed by atoms with Gasteiger partial charge in [0.2, 0.25) is 5.91 Å². The van der Waals surface area contributed by atoms with Crippen LogP contribution in [0.2, 0.25) is 0 Å². The number of rotatable bonds is 3. The summed E-state index contributed by atoms with van der Waals surface area (Å²) in [6.07, 6.45) is 1.36. The summed E-state index contributed by atoms with van der Waals surface area (Å²) in [5.41, 5.74) is 6.30. The topological polar surface area (TPSA) is 46.3 Å². The van der Waals surface area contributed by atoms with Crippen molar-refractivity contribution in [3.05, 3.63) is 20.3 Å². The van der Waals surface area contributed by atoms with E-state index in [1.807, 2.05) is 4.90 Å². The summed E-state index contributed by atoms with van der Waals surface area (Å²) in [5, 5.41) is 0. The van der Waals surface area contributed by atoms with Crippen LogP contribution < -0.4 is 5.73 Å². The van der Waals surface area contributed by atoms with Gasteiger partial charge in [-0.05, 0) is 41.3 Å². The number of hydrogen-bond acceptors (Lipinski definition) is 3. The third-order valence-electron chi connectivity index (χ3n) is 3.48. The van der Waals surface area contributed by atoms with Crippen molar-refractivity contribution >= 4 is 33.2 Å². The van der Waals surface area contributed by atoms with Crippen LogP contribution in [-0.2, 0) is 4.79 Å². The zero-order chi connectivity index (χ0) is 14.2. The molecule has 1 aliphatic rings. The molecular weight excluding hydrogens is 324 g/mol. The minimum Gasteiger partial charge on any atom is -0.333 e. The van der Waals surface area contributed by atoms with Gasteiger partial charge in [-0.3, -0.25) is 4.79 Å². The number of carbonyl (C=O) groups excluding carboxylic acids is 1. The molecule has 0 saturated carbocycles. The van der Waals surface area contributed by atoms with E-state index in [1.165, 1.54) is 9.75 Å². The van der Waals surface area contributed by atoms with E-state index in [0.717, 1.165) is 17.4 Å². The fraction of sp³-hybridized carbons (Fsp3) is 0.643. The van der Waals surface area contributed by atoms with Gasteiger partial charge in [0.05, 0.1) is 6.04 Å². The first-order chi connectivity index (χ1) is 8.90. The normalized spacial score (nSPS) is 24.3. The highest BCUT2D eigenvalue weighted by Gasteiger charge is 2.36. The van der Waals surface area contributed by atoms with Gasteiger partial charge in [0.25, 0.3) is 0 Å². The van der Waals surface area contributed by atoms with Crippen LogP contribution in [-0.4, -0.2) is 23.4 Å². The second-order valence-corrected chi connectivity index (χ2v) is 7.78. The highest BCUT2D eigenvalue weighted by Crippen LogP contribution is 2.38. The number of likely N-dealkylation sites (tertiary alicyclic amines) is 1. The molecule has 2 unspecified atom stereocenters. The van der Waals surface area contributed by atoms with E-state index >= 15 is 0 Å². The van der Waals surface area contributed by atoms with Crippen molar-refractivity contribution in [2.75, 3.05) is 6.54 Å². The molecule has 1 aromatic rings. The first-order valence-corrected chi connectivity index (χ1v) is 8.32. The number of hydrogen-bond donors (Lipinski definition) is 1. The molecule has 0 spiro atoms. The monoisotopic (exact) mass is 344 g/mol. The van der Waals surface area contributed by atoms with Crippen LogP contribution >= 0.6 is 27.3 Å². The summed E-state index contributed by atoms with van der Waals surface area (Å²) in [5.74, 6) is 0.698. The van der Waals surface area contributed by atoms with E-state index in [1.54, 1.807) is 11.3 Å². The molecule has 3 nitrogen and oxygen atoms in total. The first-order valence-electron chi connectivity index (χ1n) is 6.71. The van der Waals surface area contributed by atoms with Gasteiger partial charge in [-0.1, -0.05) is 13.8 Å². The van der Waals surface area contributed by atoms with Crippen molar-refractivity contribution in [3.8, 4) is 0 Å². The molecule has 1 amide bonds. The van der Waals surface area contributed by atoms with Gasteiger partial charge in [0.1, 0.15) is 0 Å². The van der Waals surface area contributed by atoms with E-state index in [0.29, 0.717) is 12.3 Å². The Morgan fingerprint density at radius 1 is 1.58 bits per heavy atom. The summed E-state index contributed by atoms with van der Waals surface area (Å²) in [4.78, 5) is 16.6. The maximum Gasteiger partial charge on any atom is 0.223 e. The molecule has 106 valence electrons. The molecule has 1 fully saturated rings. The Hall–Kier alpha value is -0.390. The number of nitrogens with two attached hydrogens (primary N) is 1. The molecule has 2 heterocycles. The van der Waals surface area contributed by atoms with E-state index in [-0.39, 0.29) is 18.0 Å². The van der Waals surface area contributed by atoms with Crippen LogP contribution in [0.15, 0.2) is 10.5 Å². The number of aryl methyl sites for hydroxylation is 1. The molecular formula is C14H21BrN2OS. The second-order valence-electron chi connectivity index (χ2n) is 5.64. The number of thiophene rings is 1. The molecule has 1 aliphatic heterocycles. The lowest BCUT2D eigenvalue weighted by atomic mass is 9.94. The van der Waals surface area contributed by atoms with Gasteiger partial charge in [-0.25, -0.2) is 0 Å². The molecule has 1 saturated heterocycles. The lowest BCUT2D eigenvalue weighted by molar-refractivity contribution is -0.137. The SMILES string of the molecule is Cc1sc(C2C(N)CCC(=O)N2CC(C)C)cc1Br. The van der Waals surface area contributed by atoms with Gasteiger partial charge in [0.15, 0.2) is 0 Å². The van der Waals surface area contributed by atoms with Gasteiger partial charge in [0, 0.05) is 33.2 Å². The summed E-state index contributed by atoms with van der Waals surface area (Å²) < 4.78 is 1.11. The number of nitrogens with zero attached hydrogens (tertiary/aromatic N) is 1. The summed E-state index contributed by atoms with van der Waals surface area (Å²) in [7, 11) is 0. The zero-order valence-corrected chi connectivity index (χ0v) is 14.1. The molecule has 1 aromatic heterocycles. The maximum absolute atomic E-state index is 12.2. The predicted molar refractivity (Wildman–Crippen MR) is 83.3 cm³/mol. The van der Waals surface area contributed by atoms with Gasteiger partial charge < -0.3 is 10.6 Å². The van der Waals surface area contributed by atoms with E-state index in [4.69, 9.17) is 5.73 Å². The fourth-order valence-corrected chi connectivity index (χ4v) is 4.33. The number of piperidine rings is 1. The Bertz CT molecular complexity index is 453. The minimum absolute atomic E-state index is 0.0404. The molecule has 2 atom stereocenters. The van der Waals surface area contributed by atoms with Crippen LogP contribution in [0.3, 0.4) is 0 Å². The molecule has 0 radical (unpaired) electrons. The predicted octanol–water partition coefficient (Wildman–Crippen LogP) is 3.47. The van der Waals surface area contributed by atoms with Crippen LogP contribution in [0.4, 0.5) is 0 Å². The Balaban J connectivity index is 2.33. The van der Waals surface area contributed by atoms with Gasteiger partial charge in [-0.15, -0.1) is 11.3 Å². The van der Waals surface area contributed by atoms with E-state index < -0.39 is 0 Å². The first kappa shape index (κ1) is 15.0. The van der Waals surface area contributed by atoms with Crippen LogP contribution in [0.1, 0.15) is 42.5 Å². The average molecular weight is 345 g/mol. The third-order valence-corrected chi connectivity index (χ3v) is 5.69. The highest BCUT2D eigenvalue weighted by atomic mass is 79.9. The van der Waals surface area contributed by atoms with Crippen molar-refractivity contribution in [2.45, 2.75) is 45.7 Å². The number of halogens is 1. The molecule has 0 aliphatic carbocycles. The number of amides is 1. The summed E-state index contributed by atoms with van der Waals surface area (Å²) >= 11 is 5.29. The molecule has 19 heavy (non-hydrogen) atoms. The molecule has 2 N–H and O–H groups in total. The summed E-state index contributed by atoms with van der Waals surface area (Å²) in [6.45, 7) is 7.15. The Labute approximate surface area is 127 Å². The Kier molecular flexibility index (Phi) is 4.69. The largest absolute Gasteiger partial charge is 0.333 e. The minimum atomic E-state index is 0.0404. The average Bonchev–Trinajstić information content (AvgIpc) is 2.63. The van der Waals surface area contributed by atoms with Crippen LogP contribution in [0.5, 0.6) is 0 Å². The van der Waals surface area contributed by atoms with Gasteiger partial charge >= 0.3 is 0 Å². The van der Waals surface area contributed by atoms with Crippen molar-refractivity contribution in [3.63, 3.8) is 0 Å². The second kappa shape index (κ2) is 5.94. The smallest absolute Gasteiger partial charge is 0.223 e. The lowest BCUT2D eigenvalue weighted by Gasteiger charge is -2.40. The third kappa shape index (κ3) is 3.20. The highest BCUT2D eigenvalue weighted by molar-refractivity contribution is 9.10. The zero-order valence-electron chi connectivity index (χ0n) is 11.6. The molecule has 0 aromatic carbocycles. The maximum atomic E-state index is 12.2.